The van der Waals surface area contributed by atoms with Crippen molar-refractivity contribution in [3.8, 4) is 0 Å². The van der Waals surface area contributed by atoms with Gasteiger partial charge in [0.05, 0.1) is 17.0 Å². The van der Waals surface area contributed by atoms with Crippen LogP contribution in [0.1, 0.15) is 11.6 Å². The number of nitrogens with two attached hydrogens (primary N) is 1. The number of fused-ring (bicyclic) bond motifs is 3. The molecule has 8 heteroatoms. The molecular formula is C22H18ClN3O4. The average Bonchev–Trinajstić information content (AvgIpc) is 3.19. The Kier molecular flexibility index (Phi) is 4.28. The van der Waals surface area contributed by atoms with Crippen LogP contribution in [0.2, 0.25) is 5.02 Å². The van der Waals surface area contributed by atoms with Crippen LogP contribution in [0.15, 0.2) is 48.5 Å². The van der Waals surface area contributed by atoms with E-state index < -0.39 is 29.9 Å². The molecule has 0 radical (unpaired) electrons. The van der Waals surface area contributed by atoms with Crippen LogP contribution >= 0.6 is 11.6 Å². The SMILES string of the molecule is CN1C(=O)C2ON(CC(N)=O)C(c3c4ccccc4c(Cl)c4ccccc34)C2C1=O. The summed E-state index contributed by atoms with van der Waals surface area (Å²) in [5.74, 6) is -2.17. The average molecular weight is 424 g/mol. The van der Waals surface area contributed by atoms with Gasteiger partial charge in [-0.25, -0.2) is 0 Å². The molecule has 3 atom stereocenters. The molecule has 5 rings (SSSR count). The summed E-state index contributed by atoms with van der Waals surface area (Å²) in [4.78, 5) is 44.3. The number of likely N-dealkylation sites (N-methyl/N-ethyl adjacent to an activating group) is 1. The van der Waals surface area contributed by atoms with Gasteiger partial charge >= 0.3 is 0 Å². The zero-order chi connectivity index (χ0) is 21.2. The fourth-order valence-corrected chi connectivity index (χ4v) is 4.98. The number of imide groups is 1. The summed E-state index contributed by atoms with van der Waals surface area (Å²) in [6.07, 6.45) is -0.986. The van der Waals surface area contributed by atoms with Crippen molar-refractivity contribution in [2.24, 2.45) is 11.7 Å². The van der Waals surface area contributed by atoms with Gasteiger partial charge in [-0.1, -0.05) is 60.1 Å². The maximum Gasteiger partial charge on any atom is 0.261 e. The molecule has 2 aliphatic rings. The zero-order valence-electron chi connectivity index (χ0n) is 16.0. The van der Waals surface area contributed by atoms with Crippen LogP contribution in [0.4, 0.5) is 0 Å². The summed E-state index contributed by atoms with van der Waals surface area (Å²) in [6, 6.07) is 14.5. The first-order chi connectivity index (χ1) is 14.4. The molecule has 0 aliphatic carbocycles. The lowest BCUT2D eigenvalue weighted by Gasteiger charge is -2.28. The van der Waals surface area contributed by atoms with Crippen molar-refractivity contribution < 1.29 is 19.2 Å². The number of primary amides is 1. The number of halogens is 1. The third-order valence-electron chi connectivity index (χ3n) is 5.93. The molecule has 0 aromatic heterocycles. The van der Waals surface area contributed by atoms with Crippen molar-refractivity contribution in [3.63, 3.8) is 0 Å². The summed E-state index contributed by atoms with van der Waals surface area (Å²) in [5, 5.41) is 5.29. The monoisotopic (exact) mass is 423 g/mol. The lowest BCUT2D eigenvalue weighted by Crippen LogP contribution is -2.38. The van der Waals surface area contributed by atoms with E-state index in [0.717, 1.165) is 32.0 Å². The van der Waals surface area contributed by atoms with E-state index in [1.807, 2.05) is 48.5 Å². The predicted molar refractivity (Wildman–Crippen MR) is 111 cm³/mol. The Morgan fingerprint density at radius 2 is 1.53 bits per heavy atom. The van der Waals surface area contributed by atoms with E-state index in [-0.39, 0.29) is 12.5 Å². The Hall–Kier alpha value is -3.00. The summed E-state index contributed by atoms with van der Waals surface area (Å²) in [5.41, 5.74) is 6.23. The van der Waals surface area contributed by atoms with Gasteiger partial charge in [0.2, 0.25) is 11.8 Å². The van der Waals surface area contributed by atoms with Crippen molar-refractivity contribution in [1.82, 2.24) is 9.96 Å². The third-order valence-corrected chi connectivity index (χ3v) is 6.34. The highest BCUT2D eigenvalue weighted by Gasteiger charge is 2.59. The molecule has 30 heavy (non-hydrogen) atoms. The number of likely N-dealkylation sites (tertiary alicyclic amines) is 1. The van der Waals surface area contributed by atoms with Crippen molar-refractivity contribution in [2.75, 3.05) is 13.6 Å². The fraction of sp³-hybridized carbons (Fsp3) is 0.227. The molecule has 0 spiro atoms. The highest BCUT2D eigenvalue weighted by Crippen LogP contribution is 2.49. The minimum absolute atomic E-state index is 0.243. The Labute approximate surface area is 176 Å². The first kappa shape index (κ1) is 19.0. The minimum atomic E-state index is -0.986. The van der Waals surface area contributed by atoms with Crippen molar-refractivity contribution >= 4 is 50.9 Å². The maximum absolute atomic E-state index is 13.0. The Morgan fingerprint density at radius 1 is 1.00 bits per heavy atom. The number of hydroxylamine groups is 2. The van der Waals surface area contributed by atoms with E-state index in [4.69, 9.17) is 22.2 Å². The van der Waals surface area contributed by atoms with Gasteiger partial charge in [-0.15, -0.1) is 0 Å². The Balaban J connectivity index is 1.84. The second kappa shape index (κ2) is 6.77. The van der Waals surface area contributed by atoms with Gasteiger partial charge in [-0.05, 0) is 16.3 Å². The largest absolute Gasteiger partial charge is 0.368 e. The van der Waals surface area contributed by atoms with E-state index in [2.05, 4.69) is 0 Å². The fourth-order valence-electron chi connectivity index (χ4n) is 4.65. The van der Waals surface area contributed by atoms with E-state index in [9.17, 15) is 14.4 Å². The quantitative estimate of drug-likeness (QED) is 0.515. The Morgan fingerprint density at radius 3 is 2.07 bits per heavy atom. The second-order valence-electron chi connectivity index (χ2n) is 7.59. The molecule has 3 amide bonds. The van der Waals surface area contributed by atoms with Gasteiger partial charge in [0.1, 0.15) is 6.54 Å². The predicted octanol–water partition coefficient (Wildman–Crippen LogP) is 2.40. The first-order valence-electron chi connectivity index (χ1n) is 9.52. The third kappa shape index (κ3) is 2.56. The topological polar surface area (TPSA) is 92.9 Å². The van der Waals surface area contributed by atoms with Crippen LogP contribution < -0.4 is 5.73 Å². The second-order valence-corrected chi connectivity index (χ2v) is 7.97. The molecule has 0 bridgehead atoms. The van der Waals surface area contributed by atoms with E-state index in [0.29, 0.717) is 5.02 Å². The molecule has 2 fully saturated rings. The minimum Gasteiger partial charge on any atom is -0.368 e. The molecule has 0 saturated carbocycles. The Bertz CT molecular complexity index is 1190. The lowest BCUT2D eigenvalue weighted by molar-refractivity contribution is -0.180. The summed E-state index contributed by atoms with van der Waals surface area (Å²) >= 11 is 6.71. The van der Waals surface area contributed by atoms with Crippen molar-refractivity contribution in [3.05, 3.63) is 59.1 Å². The van der Waals surface area contributed by atoms with E-state index >= 15 is 0 Å². The zero-order valence-corrected chi connectivity index (χ0v) is 16.8. The molecule has 2 aliphatic heterocycles. The van der Waals surface area contributed by atoms with Gasteiger partial charge in [0.15, 0.2) is 6.10 Å². The van der Waals surface area contributed by atoms with Crippen LogP contribution in [0, 0.1) is 5.92 Å². The number of nitrogens with zero attached hydrogens (tertiary/aromatic N) is 2. The van der Waals surface area contributed by atoms with Crippen molar-refractivity contribution in [1.29, 1.82) is 0 Å². The van der Waals surface area contributed by atoms with E-state index in [1.54, 1.807) is 0 Å². The summed E-state index contributed by atoms with van der Waals surface area (Å²) < 4.78 is 0. The molecule has 152 valence electrons. The number of amides is 3. The van der Waals surface area contributed by atoms with Crippen LogP contribution in [-0.4, -0.2) is 47.4 Å². The molecule has 3 aromatic rings. The van der Waals surface area contributed by atoms with Crippen molar-refractivity contribution in [2.45, 2.75) is 12.1 Å². The van der Waals surface area contributed by atoms with Gasteiger partial charge < -0.3 is 5.73 Å². The number of carbonyl (C=O) groups is 3. The first-order valence-corrected chi connectivity index (χ1v) is 9.90. The van der Waals surface area contributed by atoms with Gasteiger partial charge in [0.25, 0.3) is 5.91 Å². The summed E-state index contributed by atoms with van der Waals surface area (Å²) in [6.45, 7) is -0.243. The van der Waals surface area contributed by atoms with Crippen LogP contribution in [0.5, 0.6) is 0 Å². The molecule has 2 saturated heterocycles. The molecule has 7 nitrogen and oxygen atoms in total. The van der Waals surface area contributed by atoms with E-state index in [1.165, 1.54) is 12.1 Å². The smallest absolute Gasteiger partial charge is 0.261 e. The number of hydrogen-bond donors (Lipinski definition) is 1. The van der Waals surface area contributed by atoms with Crippen LogP contribution in [0.25, 0.3) is 21.5 Å². The maximum atomic E-state index is 13.0. The lowest BCUT2D eigenvalue weighted by atomic mass is 9.84. The molecular weight excluding hydrogens is 406 g/mol. The van der Waals surface area contributed by atoms with Crippen LogP contribution in [0.3, 0.4) is 0 Å². The number of carbonyl (C=O) groups excluding carboxylic acids is 3. The molecule has 3 aromatic carbocycles. The molecule has 2 heterocycles. The number of benzene rings is 3. The molecule has 3 unspecified atom stereocenters. The summed E-state index contributed by atoms with van der Waals surface area (Å²) in [7, 11) is 1.44. The van der Waals surface area contributed by atoms with Crippen LogP contribution in [-0.2, 0) is 19.2 Å². The number of hydrogen-bond acceptors (Lipinski definition) is 5. The van der Waals surface area contributed by atoms with Gasteiger partial charge in [0, 0.05) is 17.8 Å². The molecule has 2 N–H and O–H groups in total. The highest BCUT2D eigenvalue weighted by atomic mass is 35.5. The number of rotatable bonds is 3. The van der Waals surface area contributed by atoms with Gasteiger partial charge in [-0.3, -0.25) is 24.1 Å². The normalized spacial score (nSPS) is 24.2. The highest BCUT2D eigenvalue weighted by molar-refractivity contribution is 6.41. The van der Waals surface area contributed by atoms with Gasteiger partial charge in [-0.2, -0.15) is 5.06 Å². The standard InChI is InChI=1S/C22H18ClN3O4/c1-25-21(28)17-19(26(10-15(24)27)30-20(17)22(25)29)16-11-6-2-4-8-13(11)18(23)14-9-5-3-7-12(14)16/h2-9,17,19-20H,10H2,1H3,(H2,24,27).